The predicted octanol–water partition coefficient (Wildman–Crippen LogP) is 2.24. The highest BCUT2D eigenvalue weighted by Gasteiger charge is 2.28. The lowest BCUT2D eigenvalue weighted by molar-refractivity contribution is -0.116. The van der Waals surface area contributed by atoms with Crippen molar-refractivity contribution in [2.75, 3.05) is 0 Å². The van der Waals surface area contributed by atoms with Crippen LogP contribution in [-0.4, -0.2) is 24.6 Å². The van der Waals surface area contributed by atoms with Crippen LogP contribution in [0, 0.1) is 0 Å². The molecule has 0 aliphatic carbocycles. The van der Waals surface area contributed by atoms with Crippen molar-refractivity contribution in [2.45, 2.75) is 11.8 Å². The largest absolute Gasteiger partial charge is 0.295 e. The number of carbonyl (C=O) groups is 1. The molecule has 0 unspecified atom stereocenters. The van der Waals surface area contributed by atoms with Gasteiger partial charge in [0, 0.05) is 11.1 Å². The lowest BCUT2D eigenvalue weighted by atomic mass is 9.91. The summed E-state index contributed by atoms with van der Waals surface area (Å²) in [4.78, 5) is 12.0. The highest BCUT2D eigenvalue weighted by atomic mass is 32.2. The van der Waals surface area contributed by atoms with Crippen LogP contribution >= 0.6 is 0 Å². The molecule has 2 N–H and O–H groups in total. The Morgan fingerprint density at radius 3 is 2.25 bits per heavy atom. The molecular weight excluding hydrogens is 328 g/mol. The van der Waals surface area contributed by atoms with E-state index < -0.39 is 16.0 Å². The molecule has 0 saturated heterocycles. The Bertz CT molecular complexity index is 977. The molecule has 0 atom stereocenters. The van der Waals surface area contributed by atoms with Gasteiger partial charge in [0.25, 0.3) is 16.0 Å². The molecule has 1 aliphatic rings. The van der Waals surface area contributed by atoms with E-state index in [1.54, 1.807) is 43.3 Å². The fraction of sp³-hybridized carbons (Fsp3) is 0.0588. The number of hydrogen-bond acceptors (Lipinski definition) is 4. The lowest BCUT2D eigenvalue weighted by Crippen LogP contribution is -2.16. The van der Waals surface area contributed by atoms with E-state index >= 15 is 0 Å². The van der Waals surface area contributed by atoms with Crippen LogP contribution in [-0.2, 0) is 14.9 Å². The van der Waals surface area contributed by atoms with Crippen LogP contribution in [0.5, 0.6) is 0 Å². The quantitative estimate of drug-likeness (QED) is 0.660. The minimum atomic E-state index is -4.46. The van der Waals surface area contributed by atoms with Crippen LogP contribution in [0.15, 0.2) is 70.2 Å². The monoisotopic (exact) mass is 342 g/mol. The van der Waals surface area contributed by atoms with E-state index in [0.29, 0.717) is 16.8 Å². The van der Waals surface area contributed by atoms with Crippen molar-refractivity contribution in [1.29, 1.82) is 0 Å². The van der Waals surface area contributed by atoms with E-state index in [1.165, 1.54) is 12.1 Å². The first-order valence-corrected chi connectivity index (χ1v) is 8.55. The van der Waals surface area contributed by atoms with Crippen molar-refractivity contribution < 1.29 is 17.8 Å². The Hall–Kier alpha value is -2.77. The van der Waals surface area contributed by atoms with Gasteiger partial charge in [-0.2, -0.15) is 13.5 Å². The molecule has 2 aromatic carbocycles. The second-order valence-electron chi connectivity index (χ2n) is 5.23. The second-order valence-corrected chi connectivity index (χ2v) is 6.62. The molecule has 2 aromatic rings. The zero-order valence-electron chi connectivity index (χ0n) is 12.7. The zero-order valence-corrected chi connectivity index (χ0v) is 13.5. The van der Waals surface area contributed by atoms with Crippen molar-refractivity contribution in [3.05, 3.63) is 71.3 Å². The number of carbonyl (C=O) groups excluding carboxylic acids is 1. The number of nitrogens with zero attached hydrogens (tertiary/aromatic N) is 1. The van der Waals surface area contributed by atoms with Crippen LogP contribution in [0.2, 0.25) is 0 Å². The molecule has 0 spiro atoms. The summed E-state index contributed by atoms with van der Waals surface area (Å²) in [6.07, 6.45) is 0. The molecule has 0 aromatic heterocycles. The number of hydrogen-bond donors (Lipinski definition) is 2. The summed E-state index contributed by atoms with van der Waals surface area (Å²) in [7, 11) is -4.46. The van der Waals surface area contributed by atoms with Crippen molar-refractivity contribution >= 4 is 27.3 Å². The van der Waals surface area contributed by atoms with Gasteiger partial charge in [0.2, 0.25) is 0 Å². The summed E-state index contributed by atoms with van der Waals surface area (Å²) in [6.45, 7) is 1.66. The van der Waals surface area contributed by atoms with Gasteiger partial charge in [-0.05, 0) is 18.6 Å². The SMILES string of the molecule is CC1=NNC(=O)C1=C(c1ccccc1)c1ccccc1S(=O)(=O)O. The molecule has 6 nitrogen and oxygen atoms in total. The summed E-state index contributed by atoms with van der Waals surface area (Å²) < 4.78 is 33.1. The van der Waals surface area contributed by atoms with E-state index in [4.69, 9.17) is 0 Å². The van der Waals surface area contributed by atoms with Crippen molar-refractivity contribution in [2.24, 2.45) is 5.10 Å². The first kappa shape index (κ1) is 16.1. The molecule has 0 radical (unpaired) electrons. The molecule has 0 fully saturated rings. The standard InChI is InChI=1S/C17H14N2O4S/c1-11-15(17(20)19-18-11)16(12-7-3-2-4-8-12)13-9-5-6-10-14(13)24(21,22)23/h2-10H,1H3,(H,19,20)(H,21,22,23). The van der Waals surface area contributed by atoms with Gasteiger partial charge in [0.15, 0.2) is 0 Å². The molecule has 1 aliphatic heterocycles. The number of benzene rings is 2. The van der Waals surface area contributed by atoms with Crippen LogP contribution in [0.3, 0.4) is 0 Å². The maximum absolute atomic E-state index is 12.2. The predicted molar refractivity (Wildman–Crippen MR) is 90.0 cm³/mol. The molecule has 1 amide bonds. The van der Waals surface area contributed by atoms with Crippen molar-refractivity contribution in [1.82, 2.24) is 5.43 Å². The average molecular weight is 342 g/mol. The molecular formula is C17H14N2O4S. The number of hydrazone groups is 1. The summed E-state index contributed by atoms with van der Waals surface area (Å²) in [5.41, 5.74) is 4.39. The number of nitrogens with one attached hydrogen (secondary N) is 1. The van der Waals surface area contributed by atoms with E-state index in [9.17, 15) is 17.8 Å². The van der Waals surface area contributed by atoms with Crippen LogP contribution < -0.4 is 5.43 Å². The minimum Gasteiger partial charge on any atom is -0.282 e. The van der Waals surface area contributed by atoms with Crippen molar-refractivity contribution in [3.8, 4) is 0 Å². The summed E-state index contributed by atoms with van der Waals surface area (Å²) in [6, 6.07) is 14.9. The van der Waals surface area contributed by atoms with Crippen LogP contribution in [0.4, 0.5) is 0 Å². The van der Waals surface area contributed by atoms with Gasteiger partial charge < -0.3 is 0 Å². The van der Waals surface area contributed by atoms with Gasteiger partial charge >= 0.3 is 0 Å². The van der Waals surface area contributed by atoms with E-state index in [-0.39, 0.29) is 16.0 Å². The van der Waals surface area contributed by atoms with Gasteiger partial charge in [-0.3, -0.25) is 9.35 Å². The van der Waals surface area contributed by atoms with Crippen molar-refractivity contribution in [3.63, 3.8) is 0 Å². The van der Waals surface area contributed by atoms with E-state index in [0.717, 1.165) is 0 Å². The Kier molecular flexibility index (Phi) is 4.04. The molecule has 7 heteroatoms. The van der Waals surface area contributed by atoms with Gasteiger partial charge in [-0.25, -0.2) is 5.43 Å². The molecule has 1 heterocycles. The highest BCUT2D eigenvalue weighted by Crippen LogP contribution is 2.33. The number of amides is 1. The Morgan fingerprint density at radius 1 is 1.04 bits per heavy atom. The topological polar surface area (TPSA) is 95.8 Å². The Labute approximate surface area is 139 Å². The second kappa shape index (κ2) is 6.03. The van der Waals surface area contributed by atoms with Crippen LogP contribution in [0.25, 0.3) is 5.57 Å². The van der Waals surface area contributed by atoms with Gasteiger partial charge in [0.1, 0.15) is 4.90 Å². The maximum Gasteiger partial charge on any atom is 0.295 e. The van der Waals surface area contributed by atoms with Gasteiger partial charge in [0.05, 0.1) is 11.3 Å². The van der Waals surface area contributed by atoms with E-state index in [1.807, 2.05) is 6.07 Å². The smallest absolute Gasteiger partial charge is 0.282 e. The molecule has 24 heavy (non-hydrogen) atoms. The van der Waals surface area contributed by atoms with Crippen LogP contribution in [0.1, 0.15) is 18.1 Å². The molecule has 3 rings (SSSR count). The molecule has 0 bridgehead atoms. The number of rotatable bonds is 3. The third kappa shape index (κ3) is 2.86. The minimum absolute atomic E-state index is 0.243. The third-order valence-electron chi connectivity index (χ3n) is 3.66. The summed E-state index contributed by atoms with van der Waals surface area (Å²) in [5.74, 6) is -0.420. The van der Waals surface area contributed by atoms with E-state index in [2.05, 4.69) is 10.5 Å². The highest BCUT2D eigenvalue weighted by molar-refractivity contribution is 7.86. The first-order chi connectivity index (χ1) is 11.4. The van der Waals surface area contributed by atoms with Gasteiger partial charge in [-0.15, -0.1) is 0 Å². The first-order valence-electron chi connectivity index (χ1n) is 7.11. The fourth-order valence-corrected chi connectivity index (χ4v) is 3.34. The van der Waals surface area contributed by atoms with Gasteiger partial charge in [-0.1, -0.05) is 48.5 Å². The lowest BCUT2D eigenvalue weighted by Gasteiger charge is -2.14. The third-order valence-corrected chi connectivity index (χ3v) is 4.57. The summed E-state index contributed by atoms with van der Waals surface area (Å²) in [5, 5.41) is 3.91. The normalized spacial score (nSPS) is 16.6. The Balaban J connectivity index is 2.41. The molecule has 0 saturated carbocycles. The zero-order chi connectivity index (χ0) is 17.3. The molecule has 122 valence electrons. The Morgan fingerprint density at radius 2 is 1.67 bits per heavy atom. The maximum atomic E-state index is 12.2. The average Bonchev–Trinajstić information content (AvgIpc) is 2.88. The summed E-state index contributed by atoms with van der Waals surface area (Å²) >= 11 is 0. The fourth-order valence-electron chi connectivity index (χ4n) is 2.64.